The lowest BCUT2D eigenvalue weighted by atomic mass is 10.1. The third-order valence-corrected chi connectivity index (χ3v) is 3.58. The number of nitrogens with zero attached hydrogens (tertiary/aromatic N) is 1. The van der Waals surface area contributed by atoms with Crippen LogP contribution < -0.4 is 5.73 Å². The summed E-state index contributed by atoms with van der Waals surface area (Å²) in [6, 6.07) is 1.22. The summed E-state index contributed by atoms with van der Waals surface area (Å²) >= 11 is 0. The fourth-order valence-corrected chi connectivity index (χ4v) is 2.45. The van der Waals surface area contributed by atoms with E-state index in [0.29, 0.717) is 18.2 Å². The Morgan fingerprint density at radius 3 is 2.50 bits per heavy atom. The number of hydrogen-bond donors (Lipinski definition) is 1. The highest BCUT2D eigenvalue weighted by Gasteiger charge is 2.37. The van der Waals surface area contributed by atoms with Crippen LogP contribution >= 0.6 is 0 Å². The van der Waals surface area contributed by atoms with Gasteiger partial charge < -0.3 is 10.5 Å². The fourth-order valence-electron chi connectivity index (χ4n) is 2.45. The van der Waals surface area contributed by atoms with Crippen LogP contribution in [0, 0.1) is 0 Å². The SMILES string of the molecule is CC1CCC(C(CN)N(C)C2CC2)O1. The molecule has 1 saturated heterocycles. The molecule has 0 spiro atoms. The van der Waals surface area contributed by atoms with Gasteiger partial charge in [0.2, 0.25) is 0 Å². The Kier molecular flexibility index (Phi) is 3.10. The van der Waals surface area contributed by atoms with Crippen molar-refractivity contribution < 1.29 is 4.74 Å². The molecule has 2 fully saturated rings. The van der Waals surface area contributed by atoms with E-state index in [1.165, 1.54) is 25.7 Å². The molecule has 3 atom stereocenters. The van der Waals surface area contributed by atoms with Crippen LogP contribution in [0.5, 0.6) is 0 Å². The van der Waals surface area contributed by atoms with E-state index in [1.807, 2.05) is 0 Å². The summed E-state index contributed by atoms with van der Waals surface area (Å²) in [7, 11) is 2.20. The Bertz CT molecular complexity index is 194. The minimum absolute atomic E-state index is 0.376. The molecular formula is C11H22N2O. The number of hydrogen-bond acceptors (Lipinski definition) is 3. The van der Waals surface area contributed by atoms with E-state index in [-0.39, 0.29) is 0 Å². The molecule has 2 aliphatic rings. The van der Waals surface area contributed by atoms with Gasteiger partial charge in [-0.25, -0.2) is 0 Å². The second kappa shape index (κ2) is 4.17. The van der Waals surface area contributed by atoms with Crippen LogP contribution in [0.15, 0.2) is 0 Å². The van der Waals surface area contributed by atoms with Gasteiger partial charge in [-0.05, 0) is 39.7 Å². The zero-order valence-corrected chi connectivity index (χ0v) is 9.28. The van der Waals surface area contributed by atoms with Crippen molar-refractivity contribution in [3.05, 3.63) is 0 Å². The van der Waals surface area contributed by atoms with Gasteiger partial charge in [0.1, 0.15) is 0 Å². The summed E-state index contributed by atoms with van der Waals surface area (Å²) in [5.41, 5.74) is 5.84. The highest BCUT2D eigenvalue weighted by molar-refractivity contribution is 4.92. The van der Waals surface area contributed by atoms with Crippen LogP contribution in [-0.4, -0.2) is 42.8 Å². The second-order valence-corrected chi connectivity index (χ2v) is 4.76. The van der Waals surface area contributed by atoms with Gasteiger partial charge in [-0.15, -0.1) is 0 Å². The first-order chi connectivity index (χ1) is 6.72. The molecule has 1 saturated carbocycles. The lowest BCUT2D eigenvalue weighted by Crippen LogP contribution is -2.47. The molecule has 0 aromatic heterocycles. The molecule has 1 aliphatic carbocycles. The molecule has 82 valence electrons. The van der Waals surface area contributed by atoms with Crippen LogP contribution in [0.1, 0.15) is 32.6 Å². The lowest BCUT2D eigenvalue weighted by Gasteiger charge is -2.31. The molecule has 1 heterocycles. The number of rotatable bonds is 4. The molecule has 2 rings (SSSR count). The monoisotopic (exact) mass is 198 g/mol. The van der Waals surface area contributed by atoms with Gasteiger partial charge in [0.15, 0.2) is 0 Å². The maximum absolute atomic E-state index is 5.89. The van der Waals surface area contributed by atoms with Gasteiger partial charge in [-0.2, -0.15) is 0 Å². The van der Waals surface area contributed by atoms with Gasteiger partial charge in [0, 0.05) is 18.6 Å². The van der Waals surface area contributed by atoms with E-state index in [4.69, 9.17) is 10.5 Å². The summed E-state index contributed by atoms with van der Waals surface area (Å²) in [5, 5.41) is 0. The lowest BCUT2D eigenvalue weighted by molar-refractivity contribution is 0.000732. The predicted molar refractivity (Wildman–Crippen MR) is 57.2 cm³/mol. The number of nitrogens with two attached hydrogens (primary N) is 1. The largest absolute Gasteiger partial charge is 0.374 e. The Balaban J connectivity index is 1.90. The van der Waals surface area contributed by atoms with E-state index in [0.717, 1.165) is 12.6 Å². The highest BCUT2D eigenvalue weighted by Crippen LogP contribution is 2.31. The maximum Gasteiger partial charge on any atom is 0.0747 e. The predicted octanol–water partition coefficient (Wildman–Crippen LogP) is 0.975. The van der Waals surface area contributed by atoms with Crippen molar-refractivity contribution >= 4 is 0 Å². The van der Waals surface area contributed by atoms with Crippen molar-refractivity contribution in [2.24, 2.45) is 5.73 Å². The van der Waals surface area contributed by atoms with Gasteiger partial charge >= 0.3 is 0 Å². The van der Waals surface area contributed by atoms with E-state index >= 15 is 0 Å². The third kappa shape index (κ3) is 2.10. The van der Waals surface area contributed by atoms with Crippen LogP contribution in [0.25, 0.3) is 0 Å². The molecule has 2 N–H and O–H groups in total. The van der Waals surface area contributed by atoms with Gasteiger partial charge in [0.05, 0.1) is 12.2 Å². The van der Waals surface area contributed by atoms with Crippen LogP contribution in [0.2, 0.25) is 0 Å². The maximum atomic E-state index is 5.89. The van der Waals surface area contributed by atoms with E-state index < -0.39 is 0 Å². The van der Waals surface area contributed by atoms with E-state index in [2.05, 4.69) is 18.9 Å². The molecule has 1 aliphatic heterocycles. The van der Waals surface area contributed by atoms with Crippen LogP contribution in [-0.2, 0) is 4.74 Å². The first-order valence-electron chi connectivity index (χ1n) is 5.80. The molecule has 3 nitrogen and oxygen atoms in total. The van der Waals surface area contributed by atoms with Crippen LogP contribution in [0.4, 0.5) is 0 Å². The minimum Gasteiger partial charge on any atom is -0.374 e. The van der Waals surface area contributed by atoms with Crippen molar-refractivity contribution in [3.63, 3.8) is 0 Å². The van der Waals surface area contributed by atoms with Crippen molar-refractivity contribution in [3.8, 4) is 0 Å². The molecule has 3 heteroatoms. The number of ether oxygens (including phenoxy) is 1. The Morgan fingerprint density at radius 1 is 1.36 bits per heavy atom. The zero-order chi connectivity index (χ0) is 10.1. The summed E-state index contributed by atoms with van der Waals surface area (Å²) < 4.78 is 5.89. The first-order valence-corrected chi connectivity index (χ1v) is 5.80. The van der Waals surface area contributed by atoms with Crippen molar-refractivity contribution in [2.75, 3.05) is 13.6 Å². The average Bonchev–Trinajstić information content (AvgIpc) is 2.92. The van der Waals surface area contributed by atoms with Crippen molar-refractivity contribution in [1.29, 1.82) is 0 Å². The first kappa shape index (κ1) is 10.4. The van der Waals surface area contributed by atoms with Crippen LogP contribution in [0.3, 0.4) is 0 Å². The minimum atomic E-state index is 0.376. The van der Waals surface area contributed by atoms with E-state index in [1.54, 1.807) is 0 Å². The summed E-state index contributed by atoms with van der Waals surface area (Å²) in [6.45, 7) is 2.88. The summed E-state index contributed by atoms with van der Waals surface area (Å²) in [6.07, 6.45) is 5.87. The van der Waals surface area contributed by atoms with E-state index in [9.17, 15) is 0 Å². The average molecular weight is 198 g/mol. The molecule has 14 heavy (non-hydrogen) atoms. The second-order valence-electron chi connectivity index (χ2n) is 4.76. The van der Waals surface area contributed by atoms with Crippen molar-refractivity contribution in [2.45, 2.75) is 56.9 Å². The zero-order valence-electron chi connectivity index (χ0n) is 9.28. The molecular weight excluding hydrogens is 176 g/mol. The van der Waals surface area contributed by atoms with Gasteiger partial charge in [-0.1, -0.05) is 0 Å². The fraction of sp³-hybridized carbons (Fsp3) is 1.00. The van der Waals surface area contributed by atoms with Gasteiger partial charge in [0.25, 0.3) is 0 Å². The standard InChI is InChI=1S/C11H22N2O/c1-8-3-6-11(14-8)10(7-12)13(2)9-4-5-9/h8-11H,3-7,12H2,1-2H3. The smallest absolute Gasteiger partial charge is 0.0747 e. The molecule has 0 bridgehead atoms. The Labute approximate surface area is 86.6 Å². The topological polar surface area (TPSA) is 38.5 Å². The number of likely N-dealkylation sites (N-methyl/N-ethyl adjacent to an activating group) is 1. The van der Waals surface area contributed by atoms with Crippen molar-refractivity contribution in [1.82, 2.24) is 4.90 Å². The normalized spacial score (nSPS) is 35.1. The molecule has 0 aromatic rings. The molecule has 0 radical (unpaired) electrons. The summed E-state index contributed by atoms with van der Waals surface area (Å²) in [5.74, 6) is 0. The van der Waals surface area contributed by atoms with Gasteiger partial charge in [-0.3, -0.25) is 4.90 Å². The molecule has 3 unspecified atom stereocenters. The highest BCUT2D eigenvalue weighted by atomic mass is 16.5. The molecule has 0 amide bonds. The Morgan fingerprint density at radius 2 is 2.07 bits per heavy atom. The Hall–Kier alpha value is -0.120. The summed E-state index contributed by atoms with van der Waals surface area (Å²) in [4.78, 5) is 2.43. The quantitative estimate of drug-likeness (QED) is 0.731. The third-order valence-electron chi connectivity index (χ3n) is 3.58. The molecule has 0 aromatic carbocycles.